The van der Waals surface area contributed by atoms with Gasteiger partial charge in [-0.3, -0.25) is 0 Å². The maximum atomic E-state index is 2.46. The van der Waals surface area contributed by atoms with Gasteiger partial charge in [-0.15, -0.1) is 11.3 Å². The third kappa shape index (κ3) is 7.68. The fraction of sp³-hybridized carbons (Fsp3) is 0.159. The molecule has 1 aromatic heterocycles. The molecule has 11 aromatic rings. The largest absolute Gasteiger partial charge is 0.310 e. The van der Waals surface area contributed by atoms with Crippen LogP contribution in [0.4, 0.5) is 17.1 Å². The number of hydrogen-bond acceptors (Lipinski definition) is 2. The SMILES string of the molecule is CC(C)(C)c1cc(-c2cccc3cccc(-c4ccccc4N(c4ccc(-c5ccc6c(c5)C(C)(C)c5ccccc5-6)cc4)c4ccc(-c5cccc6c5sc5ccccc56)cc4)c23)cc(C(C)(C)C)c1. The van der Waals surface area contributed by atoms with E-state index in [1.807, 2.05) is 11.3 Å². The Morgan fingerprint density at radius 2 is 0.915 bits per heavy atom. The monoisotopic (exact) mass is 933 g/mol. The van der Waals surface area contributed by atoms with Crippen LogP contribution in [0, 0.1) is 0 Å². The molecule has 0 fully saturated rings. The van der Waals surface area contributed by atoms with Gasteiger partial charge in [0.25, 0.3) is 0 Å². The summed E-state index contributed by atoms with van der Waals surface area (Å²) in [5, 5.41) is 5.12. The summed E-state index contributed by atoms with van der Waals surface area (Å²) in [6, 6.07) is 79.9. The van der Waals surface area contributed by atoms with Crippen LogP contribution >= 0.6 is 11.3 Å². The van der Waals surface area contributed by atoms with Crippen molar-refractivity contribution in [2.45, 2.75) is 71.6 Å². The molecule has 0 saturated heterocycles. The standard InChI is InChI=1S/C69H59NS/c1-67(2,3)49-40-48(41-50(43-49)68(4,5)6)53-23-15-18-46-19-16-25-59(65(46)53)57-21-10-13-28-63(57)70(52-37-32-45(33-38-52)54-24-17-26-60-58-22-11-14-29-64(58)71-66(54)60)51-35-30-44(31-36-51)47-34-39-56-55-20-9-12-27-61(55)69(7,8)62(56)42-47/h9-43H,1-8H3. The van der Waals surface area contributed by atoms with Crippen molar-refractivity contribution < 1.29 is 0 Å². The van der Waals surface area contributed by atoms with E-state index < -0.39 is 0 Å². The third-order valence-corrected chi connectivity index (χ3v) is 16.4. The molecule has 0 radical (unpaired) electrons. The van der Waals surface area contributed by atoms with Crippen molar-refractivity contribution in [1.82, 2.24) is 0 Å². The molecular weight excluding hydrogens is 875 g/mol. The smallest absolute Gasteiger partial charge is 0.0540 e. The molecule has 2 heteroatoms. The summed E-state index contributed by atoms with van der Waals surface area (Å²) in [5.74, 6) is 0. The summed E-state index contributed by atoms with van der Waals surface area (Å²) in [7, 11) is 0. The summed E-state index contributed by atoms with van der Waals surface area (Å²) >= 11 is 1.88. The summed E-state index contributed by atoms with van der Waals surface area (Å²) in [6.07, 6.45) is 0. The molecule has 1 aliphatic rings. The Balaban J connectivity index is 1.02. The molecule has 1 heterocycles. The highest BCUT2D eigenvalue weighted by atomic mass is 32.1. The zero-order valence-electron chi connectivity index (χ0n) is 42.1. The second kappa shape index (κ2) is 16.8. The van der Waals surface area contributed by atoms with E-state index in [9.17, 15) is 0 Å². The van der Waals surface area contributed by atoms with E-state index in [-0.39, 0.29) is 16.2 Å². The van der Waals surface area contributed by atoms with Crippen molar-refractivity contribution in [2.75, 3.05) is 4.90 Å². The van der Waals surface area contributed by atoms with Gasteiger partial charge in [0.2, 0.25) is 0 Å². The van der Waals surface area contributed by atoms with Gasteiger partial charge in [0.15, 0.2) is 0 Å². The fourth-order valence-electron chi connectivity index (χ4n) is 11.2. The molecule has 71 heavy (non-hydrogen) atoms. The van der Waals surface area contributed by atoms with Gasteiger partial charge in [0, 0.05) is 42.5 Å². The minimum Gasteiger partial charge on any atom is -0.310 e. The van der Waals surface area contributed by atoms with Crippen LogP contribution < -0.4 is 4.90 Å². The minimum absolute atomic E-state index is 0.00496. The quantitative estimate of drug-likeness (QED) is 0.154. The van der Waals surface area contributed by atoms with Gasteiger partial charge in [0.05, 0.1) is 5.69 Å². The van der Waals surface area contributed by atoms with Crippen molar-refractivity contribution in [3.8, 4) is 55.6 Å². The number of anilines is 3. The Hall–Kier alpha value is -7.52. The van der Waals surface area contributed by atoms with Crippen molar-refractivity contribution in [1.29, 1.82) is 0 Å². The predicted octanol–water partition coefficient (Wildman–Crippen LogP) is 20.2. The van der Waals surface area contributed by atoms with E-state index in [4.69, 9.17) is 0 Å². The molecule has 346 valence electrons. The molecule has 12 rings (SSSR count). The van der Waals surface area contributed by atoms with Crippen LogP contribution in [0.15, 0.2) is 212 Å². The summed E-state index contributed by atoms with van der Waals surface area (Å²) in [6.45, 7) is 18.7. The molecule has 1 nitrogen and oxygen atoms in total. The Labute approximate surface area is 423 Å². The van der Waals surface area contributed by atoms with Crippen LogP contribution in [0.1, 0.15) is 77.6 Å². The summed E-state index contributed by atoms with van der Waals surface area (Å²) < 4.78 is 2.65. The molecule has 0 N–H and O–H groups in total. The number of fused-ring (bicyclic) bond motifs is 7. The normalized spacial score (nSPS) is 13.2. The van der Waals surface area contributed by atoms with Crippen LogP contribution in [-0.2, 0) is 16.2 Å². The van der Waals surface area contributed by atoms with Gasteiger partial charge in [-0.1, -0.05) is 225 Å². The topological polar surface area (TPSA) is 3.24 Å². The highest BCUT2D eigenvalue weighted by Crippen LogP contribution is 2.51. The molecule has 0 unspecified atom stereocenters. The van der Waals surface area contributed by atoms with E-state index in [0.717, 1.165) is 17.1 Å². The third-order valence-electron chi connectivity index (χ3n) is 15.2. The molecule has 0 amide bonds. The van der Waals surface area contributed by atoms with Crippen LogP contribution in [0.25, 0.3) is 86.6 Å². The average Bonchev–Trinajstić information content (AvgIpc) is 3.87. The van der Waals surface area contributed by atoms with Crippen molar-refractivity contribution in [2.24, 2.45) is 0 Å². The zero-order chi connectivity index (χ0) is 48.8. The molecule has 0 bridgehead atoms. The molecule has 0 saturated carbocycles. The lowest BCUT2D eigenvalue weighted by molar-refractivity contribution is 0.569. The van der Waals surface area contributed by atoms with Crippen molar-refractivity contribution in [3.63, 3.8) is 0 Å². The van der Waals surface area contributed by atoms with Gasteiger partial charge in [-0.25, -0.2) is 0 Å². The second-order valence-electron chi connectivity index (χ2n) is 22.2. The maximum Gasteiger partial charge on any atom is 0.0540 e. The molecule has 0 spiro atoms. The predicted molar refractivity (Wildman–Crippen MR) is 308 cm³/mol. The van der Waals surface area contributed by atoms with Gasteiger partial charge in [-0.2, -0.15) is 0 Å². The van der Waals surface area contributed by atoms with E-state index >= 15 is 0 Å². The lowest BCUT2D eigenvalue weighted by atomic mass is 9.78. The second-order valence-corrected chi connectivity index (χ2v) is 23.2. The lowest BCUT2D eigenvalue weighted by Crippen LogP contribution is -2.16. The first-order chi connectivity index (χ1) is 34.2. The summed E-state index contributed by atoms with van der Waals surface area (Å²) in [4.78, 5) is 2.46. The maximum absolute atomic E-state index is 2.46. The summed E-state index contributed by atoms with van der Waals surface area (Å²) in [5.41, 5.74) is 21.2. The Bertz CT molecular complexity index is 3810. The van der Waals surface area contributed by atoms with Crippen LogP contribution in [0.3, 0.4) is 0 Å². The number of nitrogens with zero attached hydrogens (tertiary/aromatic N) is 1. The first-order valence-corrected chi connectivity index (χ1v) is 26.0. The van der Waals surface area contributed by atoms with Gasteiger partial charge < -0.3 is 4.90 Å². The van der Waals surface area contributed by atoms with Crippen molar-refractivity contribution >= 4 is 59.3 Å². The highest BCUT2D eigenvalue weighted by molar-refractivity contribution is 7.26. The van der Waals surface area contributed by atoms with Gasteiger partial charge >= 0.3 is 0 Å². The number of hydrogen-bond donors (Lipinski definition) is 0. The minimum atomic E-state index is -0.0667. The Kier molecular flexibility index (Phi) is 10.6. The molecular formula is C69H59NS. The zero-order valence-corrected chi connectivity index (χ0v) is 42.9. The van der Waals surface area contributed by atoms with Gasteiger partial charge in [0.1, 0.15) is 0 Å². The first kappa shape index (κ1) is 44.7. The van der Waals surface area contributed by atoms with Crippen LogP contribution in [0.2, 0.25) is 0 Å². The van der Waals surface area contributed by atoms with Crippen LogP contribution in [-0.4, -0.2) is 0 Å². The molecule has 0 atom stereocenters. The van der Waals surface area contributed by atoms with Crippen molar-refractivity contribution in [3.05, 3.63) is 235 Å². The molecule has 0 aliphatic heterocycles. The van der Waals surface area contributed by atoms with Gasteiger partial charge in [-0.05, 0) is 136 Å². The van der Waals surface area contributed by atoms with Crippen LogP contribution in [0.5, 0.6) is 0 Å². The Morgan fingerprint density at radius 3 is 1.62 bits per heavy atom. The van der Waals surface area contributed by atoms with E-state index in [2.05, 4.69) is 273 Å². The highest BCUT2D eigenvalue weighted by Gasteiger charge is 2.35. The fourth-order valence-corrected chi connectivity index (χ4v) is 12.5. The number of para-hydroxylation sites is 1. The number of rotatable bonds is 7. The molecule has 1 aliphatic carbocycles. The van der Waals surface area contributed by atoms with E-state index in [0.29, 0.717) is 0 Å². The Morgan fingerprint density at radius 1 is 0.380 bits per heavy atom. The van der Waals surface area contributed by atoms with E-state index in [1.165, 1.54) is 109 Å². The number of thiophene rings is 1. The molecule has 10 aromatic carbocycles. The average molecular weight is 934 g/mol. The lowest BCUT2D eigenvalue weighted by Gasteiger charge is -2.29. The first-order valence-electron chi connectivity index (χ1n) is 25.2. The number of benzene rings is 10. The van der Waals surface area contributed by atoms with E-state index in [1.54, 1.807) is 0 Å².